The van der Waals surface area contributed by atoms with Gasteiger partial charge in [-0.25, -0.2) is 9.97 Å². The molecule has 1 saturated heterocycles. The van der Waals surface area contributed by atoms with Crippen LogP contribution in [-0.2, 0) is 4.79 Å². The molecule has 0 bridgehead atoms. The highest BCUT2D eigenvalue weighted by atomic mass is 16.2. The van der Waals surface area contributed by atoms with Crippen molar-refractivity contribution >= 4 is 11.9 Å². The van der Waals surface area contributed by atoms with Gasteiger partial charge in [0, 0.05) is 37.8 Å². The first-order valence-electron chi connectivity index (χ1n) is 9.80. The lowest BCUT2D eigenvalue weighted by Gasteiger charge is -2.15. The van der Waals surface area contributed by atoms with Crippen molar-refractivity contribution in [1.29, 1.82) is 0 Å². The first-order chi connectivity index (χ1) is 13.8. The topological polar surface area (TPSA) is 58.1 Å². The maximum absolute atomic E-state index is 11.6. The number of anilines is 1. The van der Waals surface area contributed by atoms with Crippen LogP contribution in [-0.4, -0.2) is 40.4 Å². The van der Waals surface area contributed by atoms with Crippen molar-refractivity contribution in [3.63, 3.8) is 0 Å². The van der Waals surface area contributed by atoms with Crippen LogP contribution >= 0.6 is 0 Å². The Balaban J connectivity index is 1.36. The second-order valence-corrected chi connectivity index (χ2v) is 6.97. The van der Waals surface area contributed by atoms with Gasteiger partial charge in [0.25, 0.3) is 0 Å². The van der Waals surface area contributed by atoms with Crippen molar-refractivity contribution in [1.82, 2.24) is 14.9 Å². The van der Waals surface area contributed by atoms with E-state index in [1.165, 1.54) is 11.1 Å². The Labute approximate surface area is 165 Å². The van der Waals surface area contributed by atoms with E-state index in [1.807, 2.05) is 29.2 Å². The smallest absolute Gasteiger partial charge is 0.223 e. The highest BCUT2D eigenvalue weighted by molar-refractivity contribution is 5.78. The summed E-state index contributed by atoms with van der Waals surface area (Å²) in [6.07, 6.45) is 4.35. The highest BCUT2D eigenvalue weighted by Gasteiger charge is 2.18. The zero-order valence-electron chi connectivity index (χ0n) is 15.8. The molecule has 0 aliphatic carbocycles. The molecule has 0 atom stereocenters. The number of likely N-dealkylation sites (tertiary alicyclic amines) is 1. The van der Waals surface area contributed by atoms with Crippen LogP contribution in [0, 0.1) is 0 Å². The van der Waals surface area contributed by atoms with E-state index < -0.39 is 0 Å². The average Bonchev–Trinajstić information content (AvgIpc) is 3.17. The molecule has 4 rings (SSSR count). The van der Waals surface area contributed by atoms with Gasteiger partial charge in [0.2, 0.25) is 11.9 Å². The molecule has 142 valence electrons. The molecule has 0 saturated carbocycles. The Kier molecular flexibility index (Phi) is 5.61. The van der Waals surface area contributed by atoms with Crippen LogP contribution in [0.5, 0.6) is 0 Å². The van der Waals surface area contributed by atoms with Crippen molar-refractivity contribution in [3.05, 3.63) is 66.9 Å². The summed E-state index contributed by atoms with van der Waals surface area (Å²) >= 11 is 0. The molecule has 0 spiro atoms. The first kappa shape index (κ1) is 18.2. The molecule has 1 N–H and O–H groups in total. The van der Waals surface area contributed by atoms with Gasteiger partial charge < -0.3 is 10.2 Å². The number of hydrogen-bond donors (Lipinski definition) is 1. The third kappa shape index (κ3) is 4.36. The second-order valence-electron chi connectivity index (χ2n) is 6.97. The normalized spacial score (nSPS) is 13.7. The summed E-state index contributed by atoms with van der Waals surface area (Å²) < 4.78 is 0. The van der Waals surface area contributed by atoms with Crippen molar-refractivity contribution in [2.45, 2.75) is 19.3 Å². The number of carbonyl (C=O) groups is 1. The van der Waals surface area contributed by atoms with E-state index in [4.69, 9.17) is 0 Å². The third-order valence-corrected chi connectivity index (χ3v) is 5.00. The van der Waals surface area contributed by atoms with E-state index in [9.17, 15) is 4.79 Å². The molecular weight excluding hydrogens is 348 g/mol. The molecule has 1 amide bonds. The van der Waals surface area contributed by atoms with Crippen LogP contribution in [0.2, 0.25) is 0 Å². The van der Waals surface area contributed by atoms with Gasteiger partial charge in [0.15, 0.2) is 0 Å². The molecular formula is C23H24N4O. The van der Waals surface area contributed by atoms with Gasteiger partial charge in [0.05, 0.1) is 5.69 Å². The van der Waals surface area contributed by atoms with Gasteiger partial charge in [-0.05, 0) is 30.0 Å². The number of aromatic nitrogens is 2. The number of carbonyl (C=O) groups excluding carboxylic acids is 1. The average molecular weight is 372 g/mol. The minimum Gasteiger partial charge on any atom is -0.354 e. The summed E-state index contributed by atoms with van der Waals surface area (Å²) in [5.74, 6) is 0.898. The Bertz CT molecular complexity index is 925. The lowest BCUT2D eigenvalue weighted by molar-refractivity contribution is -0.127. The fourth-order valence-corrected chi connectivity index (χ4v) is 3.48. The predicted molar refractivity (Wildman–Crippen MR) is 112 cm³/mol. The fourth-order valence-electron chi connectivity index (χ4n) is 3.48. The lowest BCUT2D eigenvalue weighted by atomic mass is 10.0. The first-order valence-corrected chi connectivity index (χ1v) is 9.80. The van der Waals surface area contributed by atoms with Crippen molar-refractivity contribution < 1.29 is 4.79 Å². The third-order valence-electron chi connectivity index (χ3n) is 5.00. The number of rotatable bonds is 7. The molecule has 0 unspecified atom stereocenters. The summed E-state index contributed by atoms with van der Waals surface area (Å²) in [5, 5.41) is 3.27. The SMILES string of the molecule is O=C1CCCN1CCCNc1nccc(-c2ccc(-c3ccccc3)cc2)n1. The number of amides is 1. The standard InChI is InChI=1S/C23H24N4O/c28-22-8-4-16-27(22)17-5-14-24-23-25-15-13-21(26-23)20-11-9-19(10-12-20)18-6-2-1-3-7-18/h1-3,6-7,9-13,15H,4-5,8,14,16-17H2,(H,24,25,26). The van der Waals surface area contributed by atoms with E-state index in [1.54, 1.807) is 6.20 Å². The van der Waals surface area contributed by atoms with Gasteiger partial charge in [-0.1, -0.05) is 54.6 Å². The van der Waals surface area contributed by atoms with E-state index in [0.29, 0.717) is 12.4 Å². The summed E-state index contributed by atoms with van der Waals surface area (Å²) in [7, 11) is 0. The van der Waals surface area contributed by atoms with E-state index in [0.717, 1.165) is 43.7 Å². The van der Waals surface area contributed by atoms with Gasteiger partial charge in [0.1, 0.15) is 0 Å². The lowest BCUT2D eigenvalue weighted by Crippen LogP contribution is -2.27. The fraction of sp³-hybridized carbons (Fsp3) is 0.261. The highest BCUT2D eigenvalue weighted by Crippen LogP contribution is 2.24. The monoisotopic (exact) mass is 372 g/mol. The second kappa shape index (κ2) is 8.65. The Morgan fingerprint density at radius 2 is 1.68 bits per heavy atom. The maximum Gasteiger partial charge on any atom is 0.223 e. The number of benzene rings is 2. The van der Waals surface area contributed by atoms with Crippen molar-refractivity contribution in [2.24, 2.45) is 0 Å². The van der Waals surface area contributed by atoms with E-state index in [-0.39, 0.29) is 5.91 Å². The van der Waals surface area contributed by atoms with Crippen LogP contribution in [0.25, 0.3) is 22.4 Å². The molecule has 2 aromatic carbocycles. The summed E-state index contributed by atoms with van der Waals surface area (Å²) in [6.45, 7) is 2.44. The van der Waals surface area contributed by atoms with Crippen molar-refractivity contribution in [3.8, 4) is 22.4 Å². The quantitative estimate of drug-likeness (QED) is 0.631. The van der Waals surface area contributed by atoms with Crippen LogP contribution in [0.15, 0.2) is 66.9 Å². The molecule has 3 aromatic rings. The van der Waals surface area contributed by atoms with Gasteiger partial charge in [-0.15, -0.1) is 0 Å². The van der Waals surface area contributed by atoms with Crippen LogP contribution in [0.3, 0.4) is 0 Å². The molecule has 5 heteroatoms. The molecule has 5 nitrogen and oxygen atoms in total. The largest absolute Gasteiger partial charge is 0.354 e. The Morgan fingerprint density at radius 3 is 2.43 bits per heavy atom. The predicted octanol–water partition coefficient (Wildman–Crippen LogP) is 4.24. The molecule has 1 aliphatic heterocycles. The van der Waals surface area contributed by atoms with Crippen LogP contribution in [0.1, 0.15) is 19.3 Å². The molecule has 1 fully saturated rings. The molecule has 1 aliphatic rings. The van der Waals surface area contributed by atoms with E-state index >= 15 is 0 Å². The van der Waals surface area contributed by atoms with Crippen LogP contribution < -0.4 is 5.32 Å². The van der Waals surface area contributed by atoms with Crippen molar-refractivity contribution in [2.75, 3.05) is 25.0 Å². The molecule has 28 heavy (non-hydrogen) atoms. The molecule has 2 heterocycles. The summed E-state index contributed by atoms with van der Waals surface area (Å²) in [6, 6.07) is 20.7. The maximum atomic E-state index is 11.6. The van der Waals surface area contributed by atoms with Gasteiger partial charge in [-0.3, -0.25) is 4.79 Å². The number of nitrogens with zero attached hydrogens (tertiary/aromatic N) is 3. The number of nitrogens with one attached hydrogen (secondary N) is 1. The van der Waals surface area contributed by atoms with E-state index in [2.05, 4.69) is 51.7 Å². The minimum atomic E-state index is 0.275. The molecule has 0 radical (unpaired) electrons. The zero-order chi connectivity index (χ0) is 19.2. The molecule has 1 aromatic heterocycles. The summed E-state index contributed by atoms with van der Waals surface area (Å²) in [4.78, 5) is 22.5. The number of hydrogen-bond acceptors (Lipinski definition) is 4. The Morgan fingerprint density at radius 1 is 0.929 bits per heavy atom. The Hall–Kier alpha value is -3.21. The van der Waals surface area contributed by atoms with Gasteiger partial charge in [-0.2, -0.15) is 0 Å². The zero-order valence-corrected chi connectivity index (χ0v) is 15.8. The summed E-state index contributed by atoms with van der Waals surface area (Å²) in [5.41, 5.74) is 4.35. The minimum absolute atomic E-state index is 0.275. The van der Waals surface area contributed by atoms with Crippen LogP contribution in [0.4, 0.5) is 5.95 Å². The van der Waals surface area contributed by atoms with Gasteiger partial charge >= 0.3 is 0 Å².